The molecule has 0 saturated heterocycles. The molecule has 144 valence electrons. The third kappa shape index (κ3) is 6.24. The topological polar surface area (TPSA) is 35.5 Å². The van der Waals surface area contributed by atoms with E-state index in [1.807, 2.05) is 44.2 Å². The zero-order chi connectivity index (χ0) is 19.8. The molecule has 0 atom stereocenters. The summed E-state index contributed by atoms with van der Waals surface area (Å²) in [6, 6.07) is 12.6. The molecule has 0 unspecified atom stereocenters. The molecule has 27 heavy (non-hydrogen) atoms. The molecule has 0 aliphatic heterocycles. The number of aryl methyl sites for hydroxylation is 1. The van der Waals surface area contributed by atoms with Crippen molar-refractivity contribution in [2.75, 3.05) is 6.61 Å². The minimum absolute atomic E-state index is 0.0387. The summed E-state index contributed by atoms with van der Waals surface area (Å²) in [5.74, 6) is 0.115. The lowest BCUT2D eigenvalue weighted by Gasteiger charge is -2.12. The van der Waals surface area contributed by atoms with Gasteiger partial charge in [0, 0.05) is 11.1 Å². The Morgan fingerprint density at radius 2 is 1.85 bits per heavy atom. The van der Waals surface area contributed by atoms with E-state index in [1.54, 1.807) is 26.0 Å². The smallest absolute Gasteiger partial charge is 0.333 e. The molecule has 0 saturated carbocycles. The lowest BCUT2D eigenvalue weighted by molar-refractivity contribution is -0.138. The Kier molecular flexibility index (Phi) is 7.59. The number of halogens is 1. The second-order valence-corrected chi connectivity index (χ2v) is 6.65. The molecular weight excluding hydrogens is 343 g/mol. The van der Waals surface area contributed by atoms with Gasteiger partial charge in [0.05, 0.1) is 12.7 Å². The first-order valence-corrected chi connectivity index (χ1v) is 9.30. The van der Waals surface area contributed by atoms with Gasteiger partial charge in [-0.2, -0.15) is 0 Å². The molecule has 3 nitrogen and oxygen atoms in total. The highest BCUT2D eigenvalue weighted by Gasteiger charge is 2.08. The van der Waals surface area contributed by atoms with Crippen molar-refractivity contribution in [1.29, 1.82) is 0 Å². The lowest BCUT2D eigenvalue weighted by Crippen LogP contribution is -2.05. The number of esters is 1. The van der Waals surface area contributed by atoms with E-state index < -0.39 is 0 Å². The molecular formula is C23H27FO3. The minimum Gasteiger partial charge on any atom is -0.491 e. The van der Waals surface area contributed by atoms with E-state index in [0.717, 1.165) is 24.0 Å². The maximum absolute atomic E-state index is 14.2. The molecule has 0 bridgehead atoms. The fraction of sp³-hybridized carbons (Fsp3) is 0.348. The van der Waals surface area contributed by atoms with Crippen molar-refractivity contribution in [3.63, 3.8) is 0 Å². The largest absolute Gasteiger partial charge is 0.491 e. The van der Waals surface area contributed by atoms with Crippen molar-refractivity contribution in [3.8, 4) is 16.9 Å². The van der Waals surface area contributed by atoms with Crippen molar-refractivity contribution in [2.45, 2.75) is 46.6 Å². The predicted octanol–water partition coefficient (Wildman–Crippen LogP) is 5.72. The van der Waals surface area contributed by atoms with E-state index in [9.17, 15) is 9.18 Å². The van der Waals surface area contributed by atoms with Crippen molar-refractivity contribution in [1.82, 2.24) is 0 Å². The molecule has 2 rings (SSSR count). The normalized spacial score (nSPS) is 11.6. The highest BCUT2D eigenvalue weighted by Crippen LogP contribution is 2.28. The summed E-state index contributed by atoms with van der Waals surface area (Å²) in [6.07, 6.45) is 3.47. The predicted molar refractivity (Wildman–Crippen MR) is 106 cm³/mol. The van der Waals surface area contributed by atoms with Gasteiger partial charge in [-0.25, -0.2) is 9.18 Å². The molecule has 2 aromatic carbocycles. The lowest BCUT2D eigenvalue weighted by atomic mass is 10.0. The first-order chi connectivity index (χ1) is 12.9. The number of allylic oxidation sites excluding steroid dienone is 1. The number of carbonyl (C=O) groups is 1. The van der Waals surface area contributed by atoms with Crippen LogP contribution in [-0.4, -0.2) is 18.7 Å². The van der Waals surface area contributed by atoms with Crippen LogP contribution in [0.5, 0.6) is 5.75 Å². The van der Waals surface area contributed by atoms with E-state index in [2.05, 4.69) is 0 Å². The standard InChI is InChI=1S/C23H27FO3/c1-5-26-23(25)17(4)7-6-8-18-9-11-19(12-10-18)21-15-20(27-16(2)3)13-14-22(21)24/h7,9-16H,5-6,8H2,1-4H3/b17-7+. The van der Waals surface area contributed by atoms with Crippen molar-refractivity contribution in [2.24, 2.45) is 0 Å². The molecule has 0 aliphatic carbocycles. The fourth-order valence-corrected chi connectivity index (χ4v) is 2.71. The molecule has 2 aromatic rings. The minimum atomic E-state index is -0.271. The summed E-state index contributed by atoms with van der Waals surface area (Å²) in [6.45, 7) is 7.81. The van der Waals surface area contributed by atoms with Gasteiger partial charge in [-0.1, -0.05) is 30.3 Å². The highest BCUT2D eigenvalue weighted by molar-refractivity contribution is 5.87. The SMILES string of the molecule is CCOC(=O)/C(C)=C/CCc1ccc(-c2cc(OC(C)C)ccc2F)cc1. The van der Waals surface area contributed by atoms with Crippen molar-refractivity contribution >= 4 is 5.97 Å². The van der Waals surface area contributed by atoms with E-state index in [1.165, 1.54) is 6.07 Å². The van der Waals surface area contributed by atoms with Gasteiger partial charge in [0.1, 0.15) is 11.6 Å². The molecule has 0 amide bonds. The van der Waals surface area contributed by atoms with Gasteiger partial charge in [0.25, 0.3) is 0 Å². The van der Waals surface area contributed by atoms with E-state index in [0.29, 0.717) is 23.5 Å². The van der Waals surface area contributed by atoms with Crippen LogP contribution in [0, 0.1) is 5.82 Å². The molecule has 4 heteroatoms. The Labute approximate surface area is 160 Å². The first kappa shape index (κ1) is 20.7. The van der Waals surface area contributed by atoms with Gasteiger partial charge in [-0.05, 0) is 69.9 Å². The maximum atomic E-state index is 14.2. The van der Waals surface area contributed by atoms with Gasteiger partial charge < -0.3 is 9.47 Å². The number of benzene rings is 2. The van der Waals surface area contributed by atoms with E-state index in [-0.39, 0.29) is 17.9 Å². The zero-order valence-electron chi connectivity index (χ0n) is 16.4. The van der Waals surface area contributed by atoms with Crippen LogP contribution in [0.2, 0.25) is 0 Å². The van der Waals surface area contributed by atoms with Crippen molar-refractivity contribution in [3.05, 3.63) is 65.5 Å². The first-order valence-electron chi connectivity index (χ1n) is 9.30. The van der Waals surface area contributed by atoms with Crippen LogP contribution >= 0.6 is 0 Å². The molecule has 0 N–H and O–H groups in total. The van der Waals surface area contributed by atoms with Gasteiger partial charge in [-0.3, -0.25) is 0 Å². The number of ether oxygens (including phenoxy) is 2. The van der Waals surface area contributed by atoms with E-state index >= 15 is 0 Å². The second kappa shape index (κ2) is 9.91. The molecule has 0 aromatic heterocycles. The van der Waals surface area contributed by atoms with Crippen molar-refractivity contribution < 1.29 is 18.7 Å². The Morgan fingerprint density at radius 1 is 1.15 bits per heavy atom. The molecule has 0 aliphatic rings. The molecule has 0 fully saturated rings. The van der Waals surface area contributed by atoms with Gasteiger partial charge in [0.2, 0.25) is 0 Å². The Bertz CT molecular complexity index is 792. The molecule has 0 spiro atoms. The Morgan fingerprint density at radius 3 is 2.48 bits per heavy atom. The van der Waals surface area contributed by atoms with Crippen LogP contribution in [0.25, 0.3) is 11.1 Å². The highest BCUT2D eigenvalue weighted by atomic mass is 19.1. The molecule has 0 radical (unpaired) electrons. The van der Waals surface area contributed by atoms with E-state index in [4.69, 9.17) is 9.47 Å². The Balaban J connectivity index is 2.05. The number of hydrogen-bond acceptors (Lipinski definition) is 3. The van der Waals surface area contributed by atoms with Gasteiger partial charge in [-0.15, -0.1) is 0 Å². The summed E-state index contributed by atoms with van der Waals surface area (Å²) in [4.78, 5) is 11.6. The van der Waals surface area contributed by atoms with Crippen LogP contribution in [0.1, 0.15) is 39.7 Å². The summed E-state index contributed by atoms with van der Waals surface area (Å²) in [5, 5.41) is 0. The van der Waals surface area contributed by atoms with Gasteiger partial charge in [0.15, 0.2) is 0 Å². The average Bonchev–Trinajstić information content (AvgIpc) is 2.63. The van der Waals surface area contributed by atoms with Crippen LogP contribution in [0.3, 0.4) is 0 Å². The summed E-state index contributed by atoms with van der Waals surface area (Å²) in [7, 11) is 0. The third-order valence-corrected chi connectivity index (χ3v) is 4.06. The maximum Gasteiger partial charge on any atom is 0.333 e. The Hall–Kier alpha value is -2.62. The van der Waals surface area contributed by atoms with Crippen LogP contribution < -0.4 is 4.74 Å². The quantitative estimate of drug-likeness (QED) is 0.440. The van der Waals surface area contributed by atoms with Crippen LogP contribution in [-0.2, 0) is 16.0 Å². The number of carbonyl (C=O) groups excluding carboxylic acids is 1. The summed E-state index contributed by atoms with van der Waals surface area (Å²) < 4.78 is 24.8. The second-order valence-electron chi connectivity index (χ2n) is 6.65. The van der Waals surface area contributed by atoms with Crippen LogP contribution in [0.15, 0.2) is 54.1 Å². The third-order valence-electron chi connectivity index (χ3n) is 4.06. The zero-order valence-corrected chi connectivity index (χ0v) is 16.4. The number of hydrogen-bond donors (Lipinski definition) is 0. The summed E-state index contributed by atoms with van der Waals surface area (Å²) in [5.41, 5.74) is 3.08. The van der Waals surface area contributed by atoms with Gasteiger partial charge >= 0.3 is 5.97 Å². The number of rotatable bonds is 8. The summed E-state index contributed by atoms with van der Waals surface area (Å²) >= 11 is 0. The molecule has 0 heterocycles. The van der Waals surface area contributed by atoms with Crippen LogP contribution in [0.4, 0.5) is 4.39 Å². The average molecular weight is 370 g/mol. The fourth-order valence-electron chi connectivity index (χ4n) is 2.71. The monoisotopic (exact) mass is 370 g/mol.